The van der Waals surface area contributed by atoms with Crippen molar-refractivity contribution in [3.05, 3.63) is 28.2 Å². The van der Waals surface area contributed by atoms with Crippen LogP contribution in [0.1, 0.15) is 32.5 Å². The van der Waals surface area contributed by atoms with Crippen molar-refractivity contribution in [1.82, 2.24) is 9.47 Å². The summed E-state index contributed by atoms with van der Waals surface area (Å²) in [5.74, 6) is -1.76. The number of carboxylic acids is 1. The molecule has 2 atom stereocenters. The fourth-order valence-electron chi connectivity index (χ4n) is 2.20. The summed E-state index contributed by atoms with van der Waals surface area (Å²) in [5, 5.41) is 28.5. The summed E-state index contributed by atoms with van der Waals surface area (Å²) < 4.78 is 1.25. The van der Waals surface area contributed by atoms with Gasteiger partial charge in [0.15, 0.2) is 11.8 Å². The lowest BCUT2D eigenvalue weighted by molar-refractivity contribution is -0.144. The standard InChI is InChI=1S/C14H22N2O5/c1-4-15(5-2)7-10-6-11(18)12(19)8-16(10)13(9(3)17)14(20)21/h6,8-9,13,17,19H,4-5,7H2,1-3H3,(H,20,21). The van der Waals surface area contributed by atoms with Crippen molar-refractivity contribution in [1.29, 1.82) is 0 Å². The van der Waals surface area contributed by atoms with Gasteiger partial charge in [0.2, 0.25) is 5.43 Å². The summed E-state index contributed by atoms with van der Waals surface area (Å²) >= 11 is 0. The van der Waals surface area contributed by atoms with Crippen LogP contribution in [-0.4, -0.2) is 49.9 Å². The summed E-state index contributed by atoms with van der Waals surface area (Å²) in [5.41, 5.74) is -0.127. The minimum absolute atomic E-state index is 0.360. The van der Waals surface area contributed by atoms with Crippen LogP contribution in [0.25, 0.3) is 0 Å². The van der Waals surface area contributed by atoms with Crippen LogP contribution >= 0.6 is 0 Å². The van der Waals surface area contributed by atoms with E-state index in [9.17, 15) is 24.9 Å². The van der Waals surface area contributed by atoms with E-state index in [0.29, 0.717) is 12.2 Å². The summed E-state index contributed by atoms with van der Waals surface area (Å²) in [6.07, 6.45) is -0.0907. The fraction of sp³-hybridized carbons (Fsp3) is 0.571. The molecule has 1 rings (SSSR count). The average molecular weight is 298 g/mol. The topological polar surface area (TPSA) is 103 Å². The van der Waals surface area contributed by atoms with Crippen LogP contribution < -0.4 is 5.43 Å². The Bertz CT molecular complexity index is 549. The lowest BCUT2D eigenvalue weighted by atomic mass is 10.1. The van der Waals surface area contributed by atoms with Crippen LogP contribution in [0.15, 0.2) is 17.1 Å². The van der Waals surface area contributed by atoms with Crippen LogP contribution in [-0.2, 0) is 11.3 Å². The maximum atomic E-state index is 11.6. The van der Waals surface area contributed by atoms with Crippen LogP contribution in [0.3, 0.4) is 0 Å². The first-order chi connectivity index (χ1) is 9.81. The number of aliphatic hydroxyl groups excluding tert-OH is 1. The van der Waals surface area contributed by atoms with E-state index in [1.165, 1.54) is 17.6 Å². The first-order valence-corrected chi connectivity index (χ1v) is 6.89. The van der Waals surface area contributed by atoms with E-state index in [4.69, 9.17) is 0 Å². The zero-order valence-corrected chi connectivity index (χ0v) is 12.5. The smallest absolute Gasteiger partial charge is 0.329 e. The van der Waals surface area contributed by atoms with Crippen molar-refractivity contribution in [2.24, 2.45) is 0 Å². The Balaban J connectivity index is 3.37. The number of carboxylic acid groups (broad SMARTS) is 1. The van der Waals surface area contributed by atoms with Crippen LogP contribution in [0.4, 0.5) is 0 Å². The molecule has 0 amide bonds. The van der Waals surface area contributed by atoms with Crippen molar-refractivity contribution < 1.29 is 20.1 Å². The molecule has 0 aliphatic carbocycles. The number of hydrogen-bond donors (Lipinski definition) is 3. The second-order valence-electron chi connectivity index (χ2n) is 4.91. The van der Waals surface area contributed by atoms with Gasteiger partial charge in [-0.1, -0.05) is 13.8 Å². The number of rotatable bonds is 7. The molecular weight excluding hydrogens is 276 g/mol. The molecule has 1 aromatic heterocycles. The third-order valence-electron chi connectivity index (χ3n) is 3.43. The van der Waals surface area contributed by atoms with Crippen LogP contribution in [0.5, 0.6) is 5.75 Å². The van der Waals surface area contributed by atoms with E-state index < -0.39 is 29.3 Å². The fourth-order valence-corrected chi connectivity index (χ4v) is 2.20. The highest BCUT2D eigenvalue weighted by Crippen LogP contribution is 2.18. The van der Waals surface area contributed by atoms with Gasteiger partial charge in [0.25, 0.3) is 0 Å². The van der Waals surface area contributed by atoms with Gasteiger partial charge >= 0.3 is 5.97 Å². The SMILES string of the molecule is CCN(CC)Cc1cc(=O)c(O)cn1C(C(=O)O)C(C)O. The molecule has 0 spiro atoms. The van der Waals surface area contributed by atoms with Gasteiger partial charge < -0.3 is 19.9 Å². The third-order valence-corrected chi connectivity index (χ3v) is 3.43. The number of carbonyl (C=O) groups is 1. The molecule has 2 unspecified atom stereocenters. The highest BCUT2D eigenvalue weighted by atomic mass is 16.4. The lowest BCUT2D eigenvalue weighted by Gasteiger charge is -2.26. The normalized spacial score (nSPS) is 14.1. The van der Waals surface area contributed by atoms with Gasteiger partial charge in [-0.15, -0.1) is 0 Å². The van der Waals surface area contributed by atoms with Crippen molar-refractivity contribution in [3.63, 3.8) is 0 Å². The summed E-state index contributed by atoms with van der Waals surface area (Å²) in [7, 11) is 0. The number of aromatic nitrogens is 1. The maximum absolute atomic E-state index is 11.6. The number of aromatic hydroxyl groups is 1. The van der Waals surface area contributed by atoms with E-state index in [1.807, 2.05) is 18.7 Å². The Morgan fingerprint density at radius 3 is 2.38 bits per heavy atom. The van der Waals surface area contributed by atoms with E-state index in [2.05, 4.69) is 0 Å². The van der Waals surface area contributed by atoms with Gasteiger partial charge in [0.1, 0.15) is 0 Å². The molecular formula is C14H22N2O5. The third kappa shape index (κ3) is 4.05. The van der Waals surface area contributed by atoms with Crippen LogP contribution in [0, 0.1) is 0 Å². The molecule has 0 radical (unpaired) electrons. The van der Waals surface area contributed by atoms with E-state index in [0.717, 1.165) is 19.3 Å². The highest BCUT2D eigenvalue weighted by Gasteiger charge is 2.27. The van der Waals surface area contributed by atoms with Gasteiger partial charge in [-0.05, 0) is 20.0 Å². The molecule has 21 heavy (non-hydrogen) atoms. The molecule has 0 fully saturated rings. The molecule has 0 bridgehead atoms. The molecule has 0 aliphatic heterocycles. The molecule has 1 heterocycles. The highest BCUT2D eigenvalue weighted by molar-refractivity contribution is 5.72. The first-order valence-electron chi connectivity index (χ1n) is 6.89. The Hall–Kier alpha value is -1.86. The molecule has 1 aromatic rings. The van der Waals surface area contributed by atoms with Gasteiger partial charge in [0, 0.05) is 18.3 Å². The monoisotopic (exact) mass is 298 g/mol. The molecule has 0 aliphatic rings. The van der Waals surface area contributed by atoms with Crippen molar-refractivity contribution in [3.8, 4) is 5.75 Å². The largest absolute Gasteiger partial charge is 0.503 e. The van der Waals surface area contributed by atoms with Crippen LogP contribution in [0.2, 0.25) is 0 Å². The Labute approximate surface area is 123 Å². The number of aliphatic carboxylic acids is 1. The van der Waals surface area contributed by atoms with Gasteiger partial charge in [-0.25, -0.2) is 4.79 Å². The molecule has 0 saturated carbocycles. The number of aliphatic hydroxyl groups is 1. The van der Waals surface area contributed by atoms with E-state index in [1.54, 1.807) is 0 Å². The maximum Gasteiger partial charge on any atom is 0.329 e. The van der Waals surface area contributed by atoms with E-state index in [-0.39, 0.29) is 0 Å². The minimum Gasteiger partial charge on any atom is -0.503 e. The lowest BCUT2D eigenvalue weighted by Crippen LogP contribution is -2.34. The number of nitrogens with zero attached hydrogens (tertiary/aromatic N) is 2. The van der Waals surface area contributed by atoms with E-state index >= 15 is 0 Å². The minimum atomic E-state index is -1.26. The second-order valence-corrected chi connectivity index (χ2v) is 4.91. The molecule has 0 saturated heterocycles. The van der Waals surface area contributed by atoms with Crippen molar-refractivity contribution >= 4 is 5.97 Å². The summed E-state index contributed by atoms with van der Waals surface area (Å²) in [4.78, 5) is 25.0. The van der Waals surface area contributed by atoms with Gasteiger partial charge in [-0.3, -0.25) is 9.69 Å². The molecule has 7 nitrogen and oxygen atoms in total. The number of hydrogen-bond acceptors (Lipinski definition) is 5. The van der Waals surface area contributed by atoms with Gasteiger partial charge in [0.05, 0.1) is 12.3 Å². The number of pyridine rings is 1. The Morgan fingerprint density at radius 2 is 1.95 bits per heavy atom. The zero-order chi connectivity index (χ0) is 16.2. The quantitative estimate of drug-likeness (QED) is 0.673. The van der Waals surface area contributed by atoms with Gasteiger partial charge in [-0.2, -0.15) is 0 Å². The summed E-state index contributed by atoms with van der Waals surface area (Å²) in [6, 6.07) is -0.0477. The zero-order valence-electron chi connectivity index (χ0n) is 12.5. The first kappa shape index (κ1) is 17.2. The predicted octanol–water partition coefficient (Wildman–Crippen LogP) is 0.402. The molecule has 7 heteroatoms. The van der Waals surface area contributed by atoms with Crippen molar-refractivity contribution in [2.75, 3.05) is 13.1 Å². The Kier molecular flexibility index (Phi) is 5.92. The molecule has 3 N–H and O–H groups in total. The molecule has 118 valence electrons. The van der Waals surface area contributed by atoms with Crippen molar-refractivity contribution in [2.45, 2.75) is 39.5 Å². The molecule has 0 aromatic carbocycles. The summed E-state index contributed by atoms with van der Waals surface area (Å²) in [6.45, 7) is 7.09. The second kappa shape index (κ2) is 7.24. The predicted molar refractivity (Wildman–Crippen MR) is 77.3 cm³/mol. The average Bonchev–Trinajstić information content (AvgIpc) is 2.40. The Morgan fingerprint density at radius 1 is 1.38 bits per heavy atom.